The summed E-state index contributed by atoms with van der Waals surface area (Å²) >= 11 is 0. The number of carbonyl (C=O) groups is 2. The first kappa shape index (κ1) is 10.8. The number of carbonyl (C=O) groups excluding carboxylic acids is 2. The lowest BCUT2D eigenvalue weighted by atomic mass is 9.80. The summed E-state index contributed by atoms with van der Waals surface area (Å²) in [5, 5.41) is 0. The van der Waals surface area contributed by atoms with Gasteiger partial charge in [-0.05, 0) is 25.0 Å². The van der Waals surface area contributed by atoms with Crippen molar-refractivity contribution in [2.24, 2.45) is 5.92 Å². The van der Waals surface area contributed by atoms with Gasteiger partial charge in [-0.2, -0.15) is 0 Å². The fourth-order valence-electron chi connectivity index (χ4n) is 3.45. The van der Waals surface area contributed by atoms with Crippen molar-refractivity contribution in [3.05, 3.63) is 42.5 Å². The zero-order chi connectivity index (χ0) is 13.0. The first-order chi connectivity index (χ1) is 9.27. The molecule has 1 aromatic rings. The standard InChI is InChI=1S/C15H14N2O2/c18-14-13-10-6-8-12(9-7-10)16(13)15(19)17(14)11-4-2-1-3-5-11/h1-6,8,10,12-13H,7,9H2. The van der Waals surface area contributed by atoms with Crippen molar-refractivity contribution in [3.8, 4) is 0 Å². The molecular formula is C15H14N2O2. The maximum Gasteiger partial charge on any atom is 0.332 e. The van der Waals surface area contributed by atoms with Crippen molar-refractivity contribution in [2.45, 2.75) is 24.9 Å². The number of benzene rings is 1. The first-order valence-electron chi connectivity index (χ1n) is 6.67. The summed E-state index contributed by atoms with van der Waals surface area (Å²) in [5.74, 6) is 0.116. The fraction of sp³-hybridized carbons (Fsp3) is 0.333. The molecule has 96 valence electrons. The Morgan fingerprint density at radius 2 is 1.79 bits per heavy atom. The normalized spacial score (nSPS) is 32.1. The van der Waals surface area contributed by atoms with Gasteiger partial charge >= 0.3 is 6.03 Å². The van der Waals surface area contributed by atoms with Crippen molar-refractivity contribution in [2.75, 3.05) is 4.90 Å². The van der Waals surface area contributed by atoms with Gasteiger partial charge in [0.1, 0.15) is 6.04 Å². The van der Waals surface area contributed by atoms with Crippen LogP contribution >= 0.6 is 0 Å². The minimum absolute atomic E-state index is 0.0738. The summed E-state index contributed by atoms with van der Waals surface area (Å²) in [6.45, 7) is 0. The summed E-state index contributed by atoms with van der Waals surface area (Å²) < 4.78 is 0. The molecule has 2 fully saturated rings. The van der Waals surface area contributed by atoms with Gasteiger partial charge < -0.3 is 4.90 Å². The van der Waals surface area contributed by atoms with Crippen LogP contribution in [0.1, 0.15) is 12.8 Å². The molecule has 5 rings (SSSR count). The second kappa shape index (κ2) is 3.70. The van der Waals surface area contributed by atoms with E-state index in [1.165, 1.54) is 4.90 Å². The van der Waals surface area contributed by atoms with Gasteiger partial charge in [0.05, 0.1) is 11.7 Å². The summed E-state index contributed by atoms with van der Waals surface area (Å²) in [5.41, 5.74) is 0.673. The Morgan fingerprint density at radius 1 is 1.00 bits per heavy atom. The van der Waals surface area contributed by atoms with E-state index in [1.54, 1.807) is 4.90 Å². The van der Waals surface area contributed by atoms with Crippen LogP contribution in [0.4, 0.5) is 10.5 Å². The Balaban J connectivity index is 1.78. The van der Waals surface area contributed by atoms with Gasteiger partial charge in [0.15, 0.2) is 0 Å². The zero-order valence-electron chi connectivity index (χ0n) is 10.4. The second-order valence-electron chi connectivity index (χ2n) is 5.34. The highest BCUT2D eigenvalue weighted by atomic mass is 16.2. The third-order valence-corrected chi connectivity index (χ3v) is 4.34. The van der Waals surface area contributed by atoms with Crippen LogP contribution in [0.25, 0.3) is 0 Å². The lowest BCUT2D eigenvalue weighted by molar-refractivity contribution is -0.122. The SMILES string of the molecule is O=C1C2C3C=CC(CC3)N2C(=O)N1c1ccccc1. The van der Waals surface area contributed by atoms with Crippen LogP contribution in [0.15, 0.2) is 42.5 Å². The van der Waals surface area contributed by atoms with Crippen molar-refractivity contribution in [3.63, 3.8) is 0 Å². The molecule has 3 heterocycles. The van der Waals surface area contributed by atoms with E-state index < -0.39 is 0 Å². The van der Waals surface area contributed by atoms with E-state index in [0.717, 1.165) is 12.8 Å². The zero-order valence-corrected chi connectivity index (χ0v) is 10.4. The molecule has 2 bridgehead atoms. The Hall–Kier alpha value is -2.10. The van der Waals surface area contributed by atoms with Crippen molar-refractivity contribution in [1.29, 1.82) is 0 Å². The Kier molecular flexibility index (Phi) is 2.10. The monoisotopic (exact) mass is 254 g/mol. The molecule has 3 atom stereocenters. The van der Waals surface area contributed by atoms with E-state index in [4.69, 9.17) is 0 Å². The van der Waals surface area contributed by atoms with E-state index in [2.05, 4.69) is 12.2 Å². The highest BCUT2D eigenvalue weighted by Crippen LogP contribution is 2.41. The van der Waals surface area contributed by atoms with Crippen molar-refractivity contribution < 1.29 is 9.59 Å². The van der Waals surface area contributed by atoms with Gasteiger partial charge in [-0.3, -0.25) is 4.79 Å². The molecule has 1 aliphatic carbocycles. The van der Waals surface area contributed by atoms with Crippen molar-refractivity contribution in [1.82, 2.24) is 4.90 Å². The Bertz CT molecular complexity index is 549. The summed E-state index contributed by atoms with van der Waals surface area (Å²) in [6, 6.07) is 8.84. The van der Waals surface area contributed by atoms with Crippen LogP contribution in [0.3, 0.4) is 0 Å². The minimum atomic E-state index is -0.281. The van der Waals surface area contributed by atoms with Gasteiger partial charge in [0.2, 0.25) is 0 Å². The third-order valence-electron chi connectivity index (χ3n) is 4.34. The van der Waals surface area contributed by atoms with E-state index in [1.807, 2.05) is 30.3 Å². The smallest absolute Gasteiger partial charge is 0.305 e. The minimum Gasteiger partial charge on any atom is -0.305 e. The highest BCUT2D eigenvalue weighted by Gasteiger charge is 2.54. The molecule has 3 amide bonds. The molecule has 4 nitrogen and oxygen atoms in total. The number of hydrogen-bond donors (Lipinski definition) is 0. The average Bonchev–Trinajstić information content (AvgIpc) is 2.75. The topological polar surface area (TPSA) is 40.6 Å². The third kappa shape index (κ3) is 1.34. The second-order valence-corrected chi connectivity index (χ2v) is 5.34. The maximum absolute atomic E-state index is 12.6. The maximum atomic E-state index is 12.6. The molecule has 0 aromatic heterocycles. The van der Waals surface area contributed by atoms with Crippen LogP contribution in [0.2, 0.25) is 0 Å². The molecule has 4 heteroatoms. The number of hydrogen-bond acceptors (Lipinski definition) is 2. The predicted octanol–water partition coefficient (Wildman–Crippen LogP) is 2.17. The predicted molar refractivity (Wildman–Crippen MR) is 70.6 cm³/mol. The number of fused-ring (bicyclic) bond motifs is 1. The number of urea groups is 1. The Morgan fingerprint density at radius 3 is 2.42 bits per heavy atom. The molecule has 3 unspecified atom stereocenters. The molecule has 4 aliphatic rings. The largest absolute Gasteiger partial charge is 0.332 e. The Labute approximate surface area is 111 Å². The molecule has 19 heavy (non-hydrogen) atoms. The molecule has 1 aromatic carbocycles. The molecule has 0 N–H and O–H groups in total. The van der Waals surface area contributed by atoms with E-state index in [9.17, 15) is 9.59 Å². The fourth-order valence-corrected chi connectivity index (χ4v) is 3.45. The van der Waals surface area contributed by atoms with Gasteiger partial charge in [0, 0.05) is 5.92 Å². The van der Waals surface area contributed by atoms with Crippen LogP contribution in [-0.2, 0) is 4.79 Å². The number of imide groups is 1. The lowest BCUT2D eigenvalue weighted by Crippen LogP contribution is -2.52. The van der Waals surface area contributed by atoms with Crippen LogP contribution in [0, 0.1) is 5.92 Å². The summed E-state index contributed by atoms with van der Waals surface area (Å²) in [7, 11) is 0. The van der Waals surface area contributed by atoms with E-state index >= 15 is 0 Å². The highest BCUT2D eigenvalue weighted by molar-refractivity contribution is 6.21. The number of piperidine rings is 1. The average molecular weight is 254 g/mol. The van der Waals surface area contributed by atoms with Crippen LogP contribution in [-0.4, -0.2) is 28.9 Å². The number of para-hydroxylation sites is 1. The lowest BCUT2D eigenvalue weighted by Gasteiger charge is -2.41. The number of rotatable bonds is 1. The number of nitrogens with zero attached hydrogens (tertiary/aromatic N) is 2. The van der Waals surface area contributed by atoms with Crippen LogP contribution in [0.5, 0.6) is 0 Å². The molecule has 0 spiro atoms. The number of anilines is 1. The molecule has 0 saturated carbocycles. The van der Waals surface area contributed by atoms with Gasteiger partial charge in [-0.1, -0.05) is 30.4 Å². The van der Waals surface area contributed by atoms with E-state index in [0.29, 0.717) is 5.69 Å². The first-order valence-corrected chi connectivity index (χ1v) is 6.67. The summed E-state index contributed by atoms with van der Waals surface area (Å²) in [6.07, 6.45) is 6.16. The van der Waals surface area contributed by atoms with E-state index in [-0.39, 0.29) is 29.9 Å². The molecule has 0 radical (unpaired) electrons. The molecule has 3 aliphatic heterocycles. The van der Waals surface area contributed by atoms with Gasteiger partial charge in [-0.25, -0.2) is 9.69 Å². The van der Waals surface area contributed by atoms with Gasteiger partial charge in [-0.15, -0.1) is 0 Å². The quantitative estimate of drug-likeness (QED) is 0.569. The van der Waals surface area contributed by atoms with Crippen molar-refractivity contribution >= 4 is 17.6 Å². The van der Waals surface area contributed by atoms with Gasteiger partial charge in [0.25, 0.3) is 5.91 Å². The van der Waals surface area contributed by atoms with Crippen LogP contribution < -0.4 is 4.90 Å². The molecular weight excluding hydrogens is 240 g/mol. The molecule has 2 saturated heterocycles. The summed E-state index contributed by atoms with van der Waals surface area (Å²) in [4.78, 5) is 28.2. The number of amides is 3.